The zero-order valence-corrected chi connectivity index (χ0v) is 7.47. The van der Waals surface area contributed by atoms with Gasteiger partial charge in [-0.2, -0.15) is 0 Å². The number of piperidine rings is 1. The van der Waals surface area contributed by atoms with Gasteiger partial charge < -0.3 is 15.4 Å². The zero-order valence-electron chi connectivity index (χ0n) is 7.47. The Kier molecular flexibility index (Phi) is 2.87. The third kappa shape index (κ3) is 1.92. The average molecular weight is 158 g/mol. The van der Waals surface area contributed by atoms with Crippen LogP contribution in [0.25, 0.3) is 0 Å². The van der Waals surface area contributed by atoms with Crippen LogP contribution in [-0.2, 0) is 4.74 Å². The van der Waals surface area contributed by atoms with Crippen LogP contribution in [-0.4, -0.2) is 44.3 Å². The predicted octanol–water partition coefficient (Wildman–Crippen LogP) is 0.0559. The van der Waals surface area contributed by atoms with Crippen molar-refractivity contribution in [2.45, 2.75) is 18.4 Å². The van der Waals surface area contributed by atoms with Crippen molar-refractivity contribution in [1.82, 2.24) is 4.90 Å². The molecule has 1 fully saturated rings. The van der Waals surface area contributed by atoms with E-state index in [4.69, 9.17) is 10.5 Å². The smallest absolute Gasteiger partial charge is 0.0824 e. The monoisotopic (exact) mass is 158 g/mol. The van der Waals surface area contributed by atoms with Gasteiger partial charge in [0.2, 0.25) is 0 Å². The summed E-state index contributed by atoms with van der Waals surface area (Å²) in [5, 5.41) is 0. The minimum atomic E-state index is -0.0213. The van der Waals surface area contributed by atoms with Crippen molar-refractivity contribution in [3.05, 3.63) is 0 Å². The van der Waals surface area contributed by atoms with Crippen LogP contribution in [0.1, 0.15) is 12.8 Å². The quantitative estimate of drug-likeness (QED) is 0.617. The lowest BCUT2D eigenvalue weighted by molar-refractivity contribution is -0.0456. The van der Waals surface area contributed by atoms with Gasteiger partial charge in [-0.1, -0.05) is 0 Å². The number of hydrogen-bond acceptors (Lipinski definition) is 3. The Bertz CT molecular complexity index is 113. The van der Waals surface area contributed by atoms with Crippen LogP contribution in [0, 0.1) is 0 Å². The summed E-state index contributed by atoms with van der Waals surface area (Å²) in [6.07, 6.45) is 2.13. The normalized spacial score (nSPS) is 25.4. The molecule has 0 unspecified atom stereocenters. The molecule has 0 bridgehead atoms. The average Bonchev–Trinajstić information content (AvgIpc) is 2.07. The van der Waals surface area contributed by atoms with Gasteiger partial charge in [0.05, 0.1) is 5.60 Å². The minimum absolute atomic E-state index is 0.0213. The van der Waals surface area contributed by atoms with E-state index in [1.54, 1.807) is 7.11 Å². The molecule has 1 heterocycles. The molecule has 66 valence electrons. The van der Waals surface area contributed by atoms with E-state index < -0.39 is 0 Å². The van der Waals surface area contributed by atoms with E-state index in [0.29, 0.717) is 6.54 Å². The standard InChI is InChI=1S/C8H18N2O/c1-10-5-3-8(7-9,11-2)4-6-10/h3-7,9H2,1-2H3. The molecule has 0 aliphatic carbocycles. The highest BCUT2D eigenvalue weighted by Crippen LogP contribution is 2.23. The van der Waals surface area contributed by atoms with Gasteiger partial charge in [0.1, 0.15) is 0 Å². The van der Waals surface area contributed by atoms with Crippen LogP contribution < -0.4 is 5.73 Å². The van der Waals surface area contributed by atoms with Gasteiger partial charge >= 0.3 is 0 Å². The molecule has 0 spiro atoms. The highest BCUT2D eigenvalue weighted by Gasteiger charge is 2.31. The lowest BCUT2D eigenvalue weighted by Crippen LogP contribution is -2.48. The van der Waals surface area contributed by atoms with E-state index >= 15 is 0 Å². The predicted molar refractivity (Wildman–Crippen MR) is 45.5 cm³/mol. The van der Waals surface area contributed by atoms with Crippen molar-refractivity contribution in [2.24, 2.45) is 5.73 Å². The lowest BCUT2D eigenvalue weighted by Gasteiger charge is -2.38. The van der Waals surface area contributed by atoms with Crippen molar-refractivity contribution in [3.8, 4) is 0 Å². The summed E-state index contributed by atoms with van der Waals surface area (Å²) in [4.78, 5) is 2.31. The number of rotatable bonds is 2. The van der Waals surface area contributed by atoms with Crippen molar-refractivity contribution < 1.29 is 4.74 Å². The topological polar surface area (TPSA) is 38.5 Å². The Morgan fingerprint density at radius 2 is 2.00 bits per heavy atom. The number of ether oxygens (including phenoxy) is 1. The van der Waals surface area contributed by atoms with Gasteiger partial charge in [-0.3, -0.25) is 0 Å². The summed E-state index contributed by atoms with van der Waals surface area (Å²) in [6, 6.07) is 0. The first kappa shape index (κ1) is 8.97. The SMILES string of the molecule is COC1(CN)CCN(C)CC1. The summed E-state index contributed by atoms with van der Waals surface area (Å²) in [7, 11) is 3.90. The second kappa shape index (κ2) is 3.52. The molecule has 3 heteroatoms. The van der Waals surface area contributed by atoms with E-state index in [1.165, 1.54) is 0 Å². The van der Waals surface area contributed by atoms with Gasteiger partial charge in [0.15, 0.2) is 0 Å². The second-order valence-electron chi connectivity index (χ2n) is 3.39. The van der Waals surface area contributed by atoms with Gasteiger partial charge in [0, 0.05) is 26.7 Å². The first-order valence-electron chi connectivity index (χ1n) is 4.16. The minimum Gasteiger partial charge on any atom is -0.377 e. The highest BCUT2D eigenvalue weighted by molar-refractivity contribution is 4.87. The van der Waals surface area contributed by atoms with Crippen molar-refractivity contribution in [2.75, 3.05) is 33.8 Å². The zero-order chi connectivity index (χ0) is 8.32. The van der Waals surface area contributed by atoms with Crippen LogP contribution >= 0.6 is 0 Å². The number of nitrogens with zero attached hydrogens (tertiary/aromatic N) is 1. The van der Waals surface area contributed by atoms with Crippen LogP contribution in [0.5, 0.6) is 0 Å². The van der Waals surface area contributed by atoms with E-state index in [-0.39, 0.29) is 5.60 Å². The van der Waals surface area contributed by atoms with Gasteiger partial charge in [-0.15, -0.1) is 0 Å². The molecule has 1 aliphatic rings. The van der Waals surface area contributed by atoms with Gasteiger partial charge in [-0.05, 0) is 19.9 Å². The van der Waals surface area contributed by atoms with Crippen LogP contribution in [0.2, 0.25) is 0 Å². The Morgan fingerprint density at radius 3 is 2.36 bits per heavy atom. The molecule has 1 rings (SSSR count). The molecule has 11 heavy (non-hydrogen) atoms. The fourth-order valence-corrected chi connectivity index (χ4v) is 1.52. The van der Waals surface area contributed by atoms with E-state index in [1.807, 2.05) is 0 Å². The van der Waals surface area contributed by atoms with Gasteiger partial charge in [-0.25, -0.2) is 0 Å². The van der Waals surface area contributed by atoms with Crippen molar-refractivity contribution in [1.29, 1.82) is 0 Å². The Hall–Kier alpha value is -0.120. The Morgan fingerprint density at radius 1 is 1.45 bits per heavy atom. The number of likely N-dealkylation sites (tertiary alicyclic amines) is 1. The highest BCUT2D eigenvalue weighted by atomic mass is 16.5. The van der Waals surface area contributed by atoms with Crippen LogP contribution in [0.15, 0.2) is 0 Å². The molecule has 1 saturated heterocycles. The molecule has 3 nitrogen and oxygen atoms in total. The molecule has 0 aromatic carbocycles. The number of nitrogens with two attached hydrogens (primary N) is 1. The Labute approximate surface area is 68.5 Å². The number of hydrogen-bond donors (Lipinski definition) is 1. The first-order valence-corrected chi connectivity index (χ1v) is 4.16. The maximum atomic E-state index is 5.65. The summed E-state index contributed by atoms with van der Waals surface area (Å²) in [6.45, 7) is 2.85. The van der Waals surface area contributed by atoms with E-state index in [9.17, 15) is 0 Å². The number of methoxy groups -OCH3 is 1. The maximum absolute atomic E-state index is 5.65. The summed E-state index contributed by atoms with van der Waals surface area (Å²) < 4.78 is 5.42. The molecular formula is C8H18N2O. The molecule has 0 saturated carbocycles. The fraction of sp³-hybridized carbons (Fsp3) is 1.00. The van der Waals surface area contributed by atoms with E-state index in [0.717, 1.165) is 25.9 Å². The summed E-state index contributed by atoms with van der Waals surface area (Å²) in [5.41, 5.74) is 5.63. The molecular weight excluding hydrogens is 140 g/mol. The Balaban J connectivity index is 2.45. The van der Waals surface area contributed by atoms with Crippen LogP contribution in [0.3, 0.4) is 0 Å². The molecule has 0 amide bonds. The molecule has 0 aromatic heterocycles. The van der Waals surface area contributed by atoms with Crippen LogP contribution in [0.4, 0.5) is 0 Å². The fourth-order valence-electron chi connectivity index (χ4n) is 1.52. The molecule has 0 aromatic rings. The lowest BCUT2D eigenvalue weighted by atomic mass is 9.91. The van der Waals surface area contributed by atoms with Gasteiger partial charge in [0.25, 0.3) is 0 Å². The van der Waals surface area contributed by atoms with Crippen molar-refractivity contribution >= 4 is 0 Å². The largest absolute Gasteiger partial charge is 0.377 e. The summed E-state index contributed by atoms with van der Waals surface area (Å²) in [5.74, 6) is 0. The first-order chi connectivity index (χ1) is 5.22. The molecule has 0 radical (unpaired) electrons. The molecule has 0 atom stereocenters. The molecule has 2 N–H and O–H groups in total. The maximum Gasteiger partial charge on any atom is 0.0824 e. The molecule has 1 aliphatic heterocycles. The third-order valence-corrected chi connectivity index (χ3v) is 2.70. The second-order valence-corrected chi connectivity index (χ2v) is 3.39. The summed E-state index contributed by atoms with van der Waals surface area (Å²) >= 11 is 0. The third-order valence-electron chi connectivity index (χ3n) is 2.70. The van der Waals surface area contributed by atoms with E-state index in [2.05, 4.69) is 11.9 Å². The van der Waals surface area contributed by atoms with Crippen molar-refractivity contribution in [3.63, 3.8) is 0 Å².